The lowest BCUT2D eigenvalue weighted by Crippen LogP contribution is -2.28. The topological polar surface area (TPSA) is 80.7 Å². The third kappa shape index (κ3) is 3.93. The normalized spacial score (nSPS) is 16.6. The molecule has 3 aromatic rings. The van der Waals surface area contributed by atoms with Gasteiger partial charge >= 0.3 is 0 Å². The van der Waals surface area contributed by atoms with Crippen molar-refractivity contribution in [1.29, 1.82) is 0 Å². The molecule has 0 atom stereocenters. The number of non-ortho nitro benzene ring substituents is 1. The lowest BCUT2D eigenvalue weighted by molar-refractivity contribution is -0.384. The SMILES string of the molecule is CCN=C1S/C(=C\c2c(C)n(Cc3ccc([N+](=O)[O-])cc3)c3ccccc23)C(=O)N1CC. The van der Waals surface area contributed by atoms with Crippen LogP contribution in [0.25, 0.3) is 17.0 Å². The van der Waals surface area contributed by atoms with Crippen LogP contribution in [-0.4, -0.2) is 38.6 Å². The van der Waals surface area contributed by atoms with Crippen LogP contribution in [-0.2, 0) is 11.3 Å². The van der Waals surface area contributed by atoms with Crippen molar-refractivity contribution in [2.24, 2.45) is 4.99 Å². The largest absolute Gasteiger partial charge is 0.340 e. The van der Waals surface area contributed by atoms with E-state index < -0.39 is 4.92 Å². The monoisotopic (exact) mass is 448 g/mol. The molecule has 0 saturated carbocycles. The van der Waals surface area contributed by atoms with Gasteiger partial charge in [-0.25, -0.2) is 0 Å². The first kappa shape index (κ1) is 21.8. The highest BCUT2D eigenvalue weighted by Crippen LogP contribution is 2.36. The van der Waals surface area contributed by atoms with Crippen LogP contribution in [0.1, 0.15) is 30.7 Å². The van der Waals surface area contributed by atoms with Crippen molar-refractivity contribution in [2.75, 3.05) is 13.1 Å². The first-order valence-electron chi connectivity index (χ1n) is 10.5. The quantitative estimate of drug-likeness (QED) is 0.294. The van der Waals surface area contributed by atoms with Gasteiger partial charge in [0.05, 0.1) is 9.83 Å². The molecule has 1 aliphatic rings. The minimum absolute atomic E-state index is 0.0173. The van der Waals surface area contributed by atoms with Gasteiger partial charge in [0.1, 0.15) is 0 Å². The van der Waals surface area contributed by atoms with E-state index in [-0.39, 0.29) is 11.6 Å². The van der Waals surface area contributed by atoms with E-state index in [0.29, 0.717) is 24.5 Å². The molecule has 1 saturated heterocycles. The zero-order valence-electron chi connectivity index (χ0n) is 18.2. The van der Waals surface area contributed by atoms with Crippen LogP contribution in [0.4, 0.5) is 5.69 Å². The second-order valence-electron chi connectivity index (χ2n) is 7.44. The second kappa shape index (κ2) is 9.00. The minimum atomic E-state index is -0.393. The molecule has 2 aromatic carbocycles. The molecule has 0 unspecified atom stereocenters. The van der Waals surface area contributed by atoms with Crippen LogP contribution < -0.4 is 0 Å². The summed E-state index contributed by atoms with van der Waals surface area (Å²) in [6.45, 7) is 7.76. The maximum absolute atomic E-state index is 13.0. The summed E-state index contributed by atoms with van der Waals surface area (Å²) >= 11 is 1.42. The molecule has 7 nitrogen and oxygen atoms in total. The highest BCUT2D eigenvalue weighted by molar-refractivity contribution is 8.18. The number of aliphatic imine (C=N–C) groups is 1. The molecule has 0 N–H and O–H groups in total. The van der Waals surface area contributed by atoms with Gasteiger partial charge in [-0.3, -0.25) is 24.8 Å². The summed E-state index contributed by atoms with van der Waals surface area (Å²) in [5, 5.41) is 12.8. The van der Waals surface area contributed by atoms with Gasteiger partial charge in [0.15, 0.2) is 5.17 Å². The Morgan fingerprint density at radius 3 is 2.50 bits per heavy atom. The number of amidine groups is 1. The lowest BCUT2D eigenvalue weighted by Gasteiger charge is -2.11. The Morgan fingerprint density at radius 1 is 1.12 bits per heavy atom. The first-order chi connectivity index (χ1) is 15.4. The summed E-state index contributed by atoms with van der Waals surface area (Å²) < 4.78 is 2.19. The fourth-order valence-electron chi connectivity index (χ4n) is 3.92. The molecule has 1 fully saturated rings. The Kier molecular flexibility index (Phi) is 6.14. The van der Waals surface area contributed by atoms with Crippen LogP contribution in [0.15, 0.2) is 58.4 Å². The average molecular weight is 449 g/mol. The van der Waals surface area contributed by atoms with E-state index in [0.717, 1.165) is 32.9 Å². The molecular formula is C24H24N4O3S. The van der Waals surface area contributed by atoms with Gasteiger partial charge in [0.2, 0.25) is 0 Å². The Balaban J connectivity index is 1.76. The molecule has 2 heterocycles. The molecule has 4 rings (SSSR count). The zero-order chi connectivity index (χ0) is 22.8. The summed E-state index contributed by atoms with van der Waals surface area (Å²) in [5.41, 5.74) is 4.15. The van der Waals surface area contributed by atoms with Crippen LogP contribution in [0.2, 0.25) is 0 Å². The van der Waals surface area contributed by atoms with Crippen molar-refractivity contribution < 1.29 is 9.72 Å². The van der Waals surface area contributed by atoms with Gasteiger partial charge in [0, 0.05) is 53.9 Å². The number of hydrogen-bond donors (Lipinski definition) is 0. The standard InChI is InChI=1S/C24H24N4O3S/c1-4-25-24-26(5-2)23(29)22(32-24)14-20-16(3)27(21-9-7-6-8-19(20)21)15-17-10-12-18(13-11-17)28(30)31/h6-14H,4-5,15H2,1-3H3/b22-14-,25-24?. The highest BCUT2D eigenvalue weighted by atomic mass is 32.2. The minimum Gasteiger partial charge on any atom is -0.340 e. The van der Waals surface area contributed by atoms with E-state index in [1.165, 1.54) is 23.9 Å². The van der Waals surface area contributed by atoms with Crippen molar-refractivity contribution in [3.05, 3.63) is 80.4 Å². The van der Waals surface area contributed by atoms with Gasteiger partial charge < -0.3 is 4.57 Å². The molecule has 0 bridgehead atoms. The summed E-state index contributed by atoms with van der Waals surface area (Å²) in [4.78, 5) is 30.4. The number of para-hydroxylation sites is 1. The van der Waals surface area contributed by atoms with E-state index in [1.807, 2.05) is 39.0 Å². The van der Waals surface area contributed by atoms with Crippen molar-refractivity contribution in [1.82, 2.24) is 9.47 Å². The maximum Gasteiger partial charge on any atom is 0.269 e. The third-order valence-electron chi connectivity index (χ3n) is 5.54. The van der Waals surface area contributed by atoms with Crippen molar-refractivity contribution >= 4 is 45.5 Å². The smallest absolute Gasteiger partial charge is 0.269 e. The van der Waals surface area contributed by atoms with Gasteiger partial charge in [-0.1, -0.05) is 30.3 Å². The lowest BCUT2D eigenvalue weighted by atomic mass is 10.1. The molecule has 0 radical (unpaired) electrons. The summed E-state index contributed by atoms with van der Waals surface area (Å²) in [5.74, 6) is -0.0173. The molecular weight excluding hydrogens is 424 g/mol. The Bertz CT molecular complexity index is 1260. The number of likely N-dealkylation sites (N-methyl/N-ethyl adjacent to an activating group) is 1. The van der Waals surface area contributed by atoms with Gasteiger partial charge in [-0.2, -0.15) is 0 Å². The Hall–Kier alpha value is -3.39. The maximum atomic E-state index is 13.0. The molecule has 0 aliphatic carbocycles. The molecule has 32 heavy (non-hydrogen) atoms. The molecule has 1 aliphatic heterocycles. The molecule has 1 amide bonds. The number of nitro benzene ring substituents is 1. The van der Waals surface area contributed by atoms with Crippen LogP contribution >= 0.6 is 11.8 Å². The fraction of sp³-hybridized carbons (Fsp3) is 0.250. The van der Waals surface area contributed by atoms with E-state index in [2.05, 4.69) is 21.7 Å². The summed E-state index contributed by atoms with van der Waals surface area (Å²) in [7, 11) is 0. The van der Waals surface area contributed by atoms with Crippen LogP contribution in [0, 0.1) is 17.0 Å². The number of rotatable bonds is 6. The van der Waals surface area contributed by atoms with Gasteiger partial charge in [-0.15, -0.1) is 0 Å². The molecule has 8 heteroatoms. The second-order valence-corrected chi connectivity index (χ2v) is 8.45. The first-order valence-corrected chi connectivity index (χ1v) is 11.3. The van der Waals surface area contributed by atoms with Crippen molar-refractivity contribution in [3.8, 4) is 0 Å². The number of aromatic nitrogens is 1. The zero-order valence-corrected chi connectivity index (χ0v) is 19.1. The number of hydrogen-bond acceptors (Lipinski definition) is 5. The van der Waals surface area contributed by atoms with Gasteiger partial charge in [0.25, 0.3) is 11.6 Å². The number of benzene rings is 2. The van der Waals surface area contributed by atoms with E-state index >= 15 is 0 Å². The summed E-state index contributed by atoms with van der Waals surface area (Å²) in [6, 6.07) is 14.7. The average Bonchev–Trinajstić information content (AvgIpc) is 3.23. The predicted molar refractivity (Wildman–Crippen MR) is 130 cm³/mol. The van der Waals surface area contributed by atoms with Crippen LogP contribution in [0.5, 0.6) is 0 Å². The van der Waals surface area contributed by atoms with E-state index in [4.69, 9.17) is 0 Å². The van der Waals surface area contributed by atoms with Crippen LogP contribution in [0.3, 0.4) is 0 Å². The number of nitro groups is 1. The summed E-state index contributed by atoms with van der Waals surface area (Å²) in [6.07, 6.45) is 1.97. The number of thioether (sulfide) groups is 1. The number of nitrogens with zero attached hydrogens (tertiary/aromatic N) is 4. The third-order valence-corrected chi connectivity index (χ3v) is 6.59. The number of carbonyl (C=O) groups is 1. The molecule has 1 aromatic heterocycles. The van der Waals surface area contributed by atoms with E-state index in [1.54, 1.807) is 17.0 Å². The highest BCUT2D eigenvalue weighted by Gasteiger charge is 2.32. The molecule has 0 spiro atoms. The fourth-order valence-corrected chi connectivity index (χ4v) is 5.01. The van der Waals surface area contributed by atoms with Gasteiger partial charge in [-0.05, 0) is 50.2 Å². The molecule has 164 valence electrons. The number of amides is 1. The number of fused-ring (bicyclic) bond motifs is 1. The Morgan fingerprint density at radius 2 is 1.84 bits per heavy atom. The van der Waals surface area contributed by atoms with Crippen molar-refractivity contribution in [2.45, 2.75) is 27.3 Å². The number of carbonyl (C=O) groups excluding carboxylic acids is 1. The Labute approximate surface area is 190 Å². The van der Waals surface area contributed by atoms with Crippen molar-refractivity contribution in [3.63, 3.8) is 0 Å². The van der Waals surface area contributed by atoms with E-state index in [9.17, 15) is 14.9 Å². The predicted octanol–water partition coefficient (Wildman–Crippen LogP) is 5.22.